The van der Waals surface area contributed by atoms with E-state index in [-0.39, 0.29) is 21.5 Å². The van der Waals surface area contributed by atoms with Crippen molar-refractivity contribution in [1.82, 2.24) is 10.6 Å². The highest BCUT2D eigenvalue weighted by Gasteiger charge is 2.18. The van der Waals surface area contributed by atoms with Crippen LogP contribution in [0.4, 0.5) is 0 Å². The van der Waals surface area contributed by atoms with Crippen molar-refractivity contribution >= 4 is 38.2 Å². The van der Waals surface area contributed by atoms with Crippen molar-refractivity contribution in [3.8, 4) is 0 Å². The van der Waals surface area contributed by atoms with Gasteiger partial charge in [0, 0.05) is 32.0 Å². The summed E-state index contributed by atoms with van der Waals surface area (Å²) in [6.07, 6.45) is 7.51. The molecule has 0 aromatic heterocycles. The summed E-state index contributed by atoms with van der Waals surface area (Å²) >= 11 is 1.72. The Hall–Kier alpha value is -1.18. The van der Waals surface area contributed by atoms with Gasteiger partial charge in [-0.05, 0) is 46.9 Å². The molecule has 0 fully saturated rings. The van der Waals surface area contributed by atoms with Crippen LogP contribution in [0, 0.1) is 11.8 Å². The minimum absolute atomic E-state index is 0.0233. The molecular weight excluding hydrogens is 383 g/mol. The van der Waals surface area contributed by atoms with Crippen molar-refractivity contribution in [2.75, 3.05) is 6.54 Å². The van der Waals surface area contributed by atoms with Crippen molar-refractivity contribution in [1.29, 1.82) is 0 Å². The van der Waals surface area contributed by atoms with Crippen LogP contribution in [0.15, 0.2) is 23.9 Å². The first kappa shape index (κ1) is 17.9. The van der Waals surface area contributed by atoms with Crippen molar-refractivity contribution < 1.29 is 14.4 Å². The zero-order chi connectivity index (χ0) is 15.8. The van der Waals surface area contributed by atoms with Crippen LogP contribution < -0.4 is 10.6 Å². The fraction of sp³-hybridized carbons (Fsp3) is 0.533. The van der Waals surface area contributed by atoms with Gasteiger partial charge in [-0.2, -0.15) is 0 Å². The normalized spacial score (nSPS) is 20.6. The van der Waals surface area contributed by atoms with Crippen LogP contribution in [0.2, 0.25) is 0 Å². The van der Waals surface area contributed by atoms with Gasteiger partial charge >= 0.3 is 0 Å². The van der Waals surface area contributed by atoms with Crippen LogP contribution in [0.5, 0.6) is 0 Å². The zero-order valence-corrected chi connectivity index (χ0v) is 14.5. The summed E-state index contributed by atoms with van der Waals surface area (Å²) < 4.78 is 0.0485. The number of amides is 2. The lowest BCUT2D eigenvalue weighted by atomic mass is 9.85. The third kappa shape index (κ3) is 7.40. The smallest absolute Gasteiger partial charge is 0.221 e. The maximum atomic E-state index is 11.7. The second-order valence-corrected chi connectivity index (χ2v) is 6.38. The molecule has 2 unspecified atom stereocenters. The summed E-state index contributed by atoms with van der Waals surface area (Å²) in [6.45, 7) is 3.96. The summed E-state index contributed by atoms with van der Waals surface area (Å²) in [5.41, 5.74) is 0.816. The largest absolute Gasteiger partial charge is 0.356 e. The van der Waals surface area contributed by atoms with Gasteiger partial charge in [0.25, 0.3) is 0 Å². The van der Waals surface area contributed by atoms with Crippen LogP contribution in [-0.2, 0) is 14.4 Å². The Morgan fingerprint density at radius 3 is 2.57 bits per heavy atom. The molecule has 2 N–H and O–H groups in total. The van der Waals surface area contributed by atoms with E-state index in [0.717, 1.165) is 12.1 Å². The molecule has 0 spiro atoms. The molecule has 2 amide bonds. The van der Waals surface area contributed by atoms with Gasteiger partial charge in [0.1, 0.15) is 0 Å². The molecule has 0 radical (unpaired) electrons. The van der Waals surface area contributed by atoms with Crippen LogP contribution >= 0.6 is 22.6 Å². The number of halogens is 1. The van der Waals surface area contributed by atoms with Gasteiger partial charge in [-0.3, -0.25) is 14.4 Å². The molecule has 0 aromatic rings. The van der Waals surface area contributed by atoms with Crippen molar-refractivity contribution in [3.63, 3.8) is 0 Å². The van der Waals surface area contributed by atoms with E-state index in [2.05, 4.69) is 17.6 Å². The lowest BCUT2D eigenvalue weighted by Gasteiger charge is -2.22. The van der Waals surface area contributed by atoms with Crippen molar-refractivity contribution in [3.05, 3.63) is 23.9 Å². The van der Waals surface area contributed by atoms with Gasteiger partial charge in [-0.25, -0.2) is 0 Å². The molecule has 5 nitrogen and oxygen atoms in total. The quantitative estimate of drug-likeness (QED) is 0.504. The van der Waals surface area contributed by atoms with Gasteiger partial charge in [0.2, 0.25) is 11.8 Å². The highest BCUT2D eigenvalue weighted by molar-refractivity contribution is 14.1. The molecule has 21 heavy (non-hydrogen) atoms. The first-order valence-corrected chi connectivity index (χ1v) is 8.09. The summed E-state index contributed by atoms with van der Waals surface area (Å²) in [5, 5.41) is 5.50. The van der Waals surface area contributed by atoms with Gasteiger partial charge < -0.3 is 10.6 Å². The molecule has 0 saturated heterocycles. The SMILES string of the molecule is CC(=O)NC1=CC(C)C(CCC(=O)NCCC(=O)I)C=C1. The topological polar surface area (TPSA) is 75.3 Å². The van der Waals surface area contributed by atoms with Crippen LogP contribution in [0.3, 0.4) is 0 Å². The molecular formula is C15H21IN2O3. The number of allylic oxidation sites excluding steroid dienone is 3. The standard InChI is InChI=1S/C15H21IN2O3/c1-10-9-13(18-11(2)19)5-3-12(10)4-6-15(21)17-8-7-14(16)20/h3,5,9-10,12H,4,6-8H2,1-2H3,(H,17,21)(H,18,19). The Morgan fingerprint density at radius 1 is 1.29 bits per heavy atom. The van der Waals surface area contributed by atoms with Crippen molar-refractivity contribution in [2.45, 2.75) is 33.1 Å². The number of nitrogens with one attached hydrogen (secondary N) is 2. The molecule has 1 rings (SSSR count). The Bertz CT molecular complexity index is 472. The highest BCUT2D eigenvalue weighted by Crippen LogP contribution is 2.25. The second-order valence-electron chi connectivity index (χ2n) is 5.18. The molecule has 2 atom stereocenters. The monoisotopic (exact) mass is 404 g/mol. The Morgan fingerprint density at radius 2 is 2.00 bits per heavy atom. The fourth-order valence-electron chi connectivity index (χ4n) is 2.20. The molecule has 0 heterocycles. The Kier molecular flexibility index (Phi) is 7.63. The molecule has 0 saturated carbocycles. The highest BCUT2D eigenvalue weighted by atomic mass is 127. The Balaban J connectivity index is 2.32. The third-order valence-corrected chi connectivity index (χ3v) is 3.85. The van der Waals surface area contributed by atoms with Crippen LogP contribution in [-0.4, -0.2) is 22.1 Å². The fourth-order valence-corrected chi connectivity index (χ4v) is 2.47. The van der Waals surface area contributed by atoms with E-state index in [1.54, 1.807) is 22.6 Å². The van der Waals surface area contributed by atoms with Gasteiger partial charge in [0.15, 0.2) is 3.79 Å². The third-order valence-electron chi connectivity index (χ3n) is 3.31. The maximum Gasteiger partial charge on any atom is 0.221 e. The van der Waals surface area contributed by atoms with Gasteiger partial charge in [-0.15, -0.1) is 0 Å². The first-order chi connectivity index (χ1) is 9.88. The number of rotatable bonds is 7. The van der Waals surface area contributed by atoms with E-state index in [4.69, 9.17) is 0 Å². The van der Waals surface area contributed by atoms with E-state index in [1.807, 2.05) is 18.2 Å². The molecule has 1 aliphatic carbocycles. The number of carbonyl (C=O) groups excluding carboxylic acids is 3. The number of hydrogen-bond donors (Lipinski definition) is 2. The van der Waals surface area contributed by atoms with Gasteiger partial charge in [-0.1, -0.05) is 19.1 Å². The summed E-state index contributed by atoms with van der Waals surface area (Å²) in [7, 11) is 0. The average molecular weight is 404 g/mol. The van der Waals surface area contributed by atoms with Crippen molar-refractivity contribution in [2.24, 2.45) is 11.8 Å². The summed E-state index contributed by atoms with van der Waals surface area (Å²) in [4.78, 5) is 33.4. The van der Waals surface area contributed by atoms with E-state index >= 15 is 0 Å². The predicted molar refractivity (Wildman–Crippen MR) is 89.6 cm³/mol. The zero-order valence-electron chi connectivity index (χ0n) is 12.3. The molecule has 0 bridgehead atoms. The van der Waals surface area contributed by atoms with Gasteiger partial charge in [0.05, 0.1) is 0 Å². The molecule has 116 valence electrons. The number of carbonyl (C=O) groups is 3. The van der Waals surface area contributed by atoms with E-state index < -0.39 is 0 Å². The molecule has 1 aliphatic rings. The van der Waals surface area contributed by atoms with Crippen LogP contribution in [0.25, 0.3) is 0 Å². The lowest BCUT2D eigenvalue weighted by Crippen LogP contribution is -2.27. The maximum absolute atomic E-state index is 11.7. The Labute approximate surface area is 138 Å². The lowest BCUT2D eigenvalue weighted by molar-refractivity contribution is -0.121. The molecule has 0 aliphatic heterocycles. The molecule has 6 heteroatoms. The minimum atomic E-state index is -0.0827. The predicted octanol–water partition coefficient (Wildman–Crippen LogP) is 2.08. The number of hydrogen-bond acceptors (Lipinski definition) is 3. The summed E-state index contributed by atoms with van der Waals surface area (Å²) in [6, 6.07) is 0. The molecule has 0 aromatic carbocycles. The minimum Gasteiger partial charge on any atom is -0.356 e. The average Bonchev–Trinajstić information content (AvgIpc) is 2.36. The van der Waals surface area contributed by atoms with E-state index in [0.29, 0.717) is 25.3 Å². The van der Waals surface area contributed by atoms with E-state index in [1.165, 1.54) is 6.92 Å². The first-order valence-electron chi connectivity index (χ1n) is 7.01. The van der Waals surface area contributed by atoms with Crippen LogP contribution in [0.1, 0.15) is 33.1 Å². The van der Waals surface area contributed by atoms with E-state index in [9.17, 15) is 14.4 Å². The summed E-state index contributed by atoms with van der Waals surface area (Å²) in [5.74, 6) is 0.464. The second kappa shape index (κ2) is 8.96.